The van der Waals surface area contributed by atoms with Gasteiger partial charge in [0.05, 0.1) is 0 Å². The van der Waals surface area contributed by atoms with Crippen LogP contribution < -0.4 is 14.2 Å². The summed E-state index contributed by atoms with van der Waals surface area (Å²) in [7, 11) is 0. The first-order valence-corrected chi connectivity index (χ1v) is 12.8. The highest BCUT2D eigenvalue weighted by atomic mass is 16.5. The van der Waals surface area contributed by atoms with E-state index in [4.69, 9.17) is 14.2 Å². The van der Waals surface area contributed by atoms with E-state index in [1.165, 1.54) is 0 Å². The lowest BCUT2D eigenvalue weighted by Gasteiger charge is -2.21. The van der Waals surface area contributed by atoms with Crippen molar-refractivity contribution in [2.45, 2.75) is 13.2 Å². The van der Waals surface area contributed by atoms with Crippen molar-refractivity contribution in [2.24, 2.45) is 0 Å². The third-order valence-corrected chi connectivity index (χ3v) is 6.61. The summed E-state index contributed by atoms with van der Waals surface area (Å²) < 4.78 is 18.8. The lowest BCUT2D eigenvalue weighted by molar-refractivity contribution is 0.307. The second-order valence-electron chi connectivity index (χ2n) is 9.19. The first kappa shape index (κ1) is 23.6. The zero-order valence-corrected chi connectivity index (χ0v) is 21.0. The molecule has 0 unspecified atom stereocenters. The molecule has 3 heteroatoms. The number of hydrogen-bond acceptors (Lipinski definition) is 3. The summed E-state index contributed by atoms with van der Waals surface area (Å²) in [6, 6.07) is 41.2. The number of hydrogen-bond donors (Lipinski definition) is 0. The summed E-state index contributed by atoms with van der Waals surface area (Å²) >= 11 is 0. The minimum atomic E-state index is 0.502. The van der Waals surface area contributed by atoms with Gasteiger partial charge in [0.2, 0.25) is 0 Å². The average molecular weight is 497 g/mol. The topological polar surface area (TPSA) is 27.7 Å². The Morgan fingerprint density at radius 1 is 0.553 bits per heavy atom. The van der Waals surface area contributed by atoms with Gasteiger partial charge in [0.25, 0.3) is 0 Å². The summed E-state index contributed by atoms with van der Waals surface area (Å²) in [5, 5.41) is 0. The van der Waals surface area contributed by atoms with Crippen molar-refractivity contribution in [3.63, 3.8) is 0 Å². The average Bonchev–Trinajstić information content (AvgIpc) is 3.00. The standard InChI is InChI=1S/C35H28O3/c1-3-12-26(13-4-1)24-37-33-19-9-7-16-29(33)28-22-32(31-18-11-21-36-35(31)23-28)30-17-8-10-20-34(30)38-25-27-14-5-2-6-15-27/h1-20,22-23H,21,24-25H2. The van der Waals surface area contributed by atoms with Gasteiger partial charge in [0, 0.05) is 16.7 Å². The van der Waals surface area contributed by atoms with Crippen molar-refractivity contribution in [1.82, 2.24) is 0 Å². The van der Waals surface area contributed by atoms with Crippen LogP contribution in [0, 0.1) is 0 Å². The molecule has 38 heavy (non-hydrogen) atoms. The summed E-state index contributed by atoms with van der Waals surface area (Å²) in [5.41, 5.74) is 7.47. The molecule has 0 amide bonds. The van der Waals surface area contributed by atoms with E-state index in [1.807, 2.05) is 72.8 Å². The first-order chi connectivity index (χ1) is 18.8. The van der Waals surface area contributed by atoms with E-state index in [-0.39, 0.29) is 0 Å². The molecule has 0 aliphatic carbocycles. The van der Waals surface area contributed by atoms with Gasteiger partial charge in [-0.05, 0) is 52.6 Å². The number of ether oxygens (including phenoxy) is 3. The minimum Gasteiger partial charge on any atom is -0.489 e. The van der Waals surface area contributed by atoms with Gasteiger partial charge in [-0.2, -0.15) is 0 Å². The highest BCUT2D eigenvalue weighted by Crippen LogP contribution is 2.43. The molecule has 5 aromatic rings. The fourth-order valence-corrected chi connectivity index (χ4v) is 4.72. The zero-order chi connectivity index (χ0) is 25.6. The van der Waals surface area contributed by atoms with Crippen molar-refractivity contribution < 1.29 is 14.2 Å². The predicted octanol–water partition coefficient (Wildman–Crippen LogP) is 8.58. The van der Waals surface area contributed by atoms with Gasteiger partial charge in [0.15, 0.2) is 0 Å². The molecule has 0 aromatic heterocycles. The molecular formula is C35H28O3. The molecule has 5 aromatic carbocycles. The van der Waals surface area contributed by atoms with Gasteiger partial charge < -0.3 is 14.2 Å². The fourth-order valence-electron chi connectivity index (χ4n) is 4.72. The van der Waals surface area contributed by atoms with Crippen LogP contribution in [0.4, 0.5) is 0 Å². The SMILES string of the molecule is C1=Cc2c(cc(-c3ccccc3OCc3ccccc3)cc2-c2ccccc2OCc2ccccc2)OC1. The predicted molar refractivity (Wildman–Crippen MR) is 153 cm³/mol. The summed E-state index contributed by atoms with van der Waals surface area (Å²) in [6.07, 6.45) is 4.19. The Labute approximate surface area is 223 Å². The number of para-hydroxylation sites is 2. The molecule has 0 fully saturated rings. The molecule has 0 radical (unpaired) electrons. The molecule has 0 N–H and O–H groups in total. The van der Waals surface area contributed by atoms with E-state index in [0.717, 1.165) is 56.2 Å². The zero-order valence-electron chi connectivity index (χ0n) is 21.0. The maximum Gasteiger partial charge on any atom is 0.128 e. The Bertz CT molecular complexity index is 1560. The van der Waals surface area contributed by atoms with Crippen LogP contribution >= 0.6 is 0 Å². The number of fused-ring (bicyclic) bond motifs is 1. The van der Waals surface area contributed by atoms with Gasteiger partial charge in [-0.15, -0.1) is 0 Å². The van der Waals surface area contributed by atoms with Crippen LogP contribution in [0.25, 0.3) is 28.3 Å². The Balaban J connectivity index is 1.39. The summed E-state index contributed by atoms with van der Waals surface area (Å²) in [4.78, 5) is 0. The highest BCUT2D eigenvalue weighted by Gasteiger charge is 2.19. The molecule has 1 aliphatic heterocycles. The van der Waals surface area contributed by atoms with E-state index >= 15 is 0 Å². The van der Waals surface area contributed by atoms with Crippen LogP contribution in [0.3, 0.4) is 0 Å². The fraction of sp³-hybridized carbons (Fsp3) is 0.0857. The second-order valence-corrected chi connectivity index (χ2v) is 9.19. The largest absolute Gasteiger partial charge is 0.489 e. The molecule has 0 atom stereocenters. The van der Waals surface area contributed by atoms with Crippen LogP contribution in [-0.2, 0) is 13.2 Å². The Morgan fingerprint density at radius 2 is 1.11 bits per heavy atom. The third-order valence-electron chi connectivity index (χ3n) is 6.61. The molecule has 0 saturated carbocycles. The van der Waals surface area contributed by atoms with Crippen LogP contribution in [-0.4, -0.2) is 6.61 Å². The van der Waals surface area contributed by atoms with Gasteiger partial charge in [-0.25, -0.2) is 0 Å². The minimum absolute atomic E-state index is 0.502. The maximum absolute atomic E-state index is 6.34. The molecule has 6 rings (SSSR count). The lowest BCUT2D eigenvalue weighted by atomic mass is 9.92. The normalized spacial score (nSPS) is 11.9. The van der Waals surface area contributed by atoms with E-state index in [2.05, 4.69) is 60.7 Å². The summed E-state index contributed by atoms with van der Waals surface area (Å²) in [5.74, 6) is 2.53. The molecule has 1 aliphatic rings. The summed E-state index contributed by atoms with van der Waals surface area (Å²) in [6.45, 7) is 1.56. The molecule has 0 saturated heterocycles. The monoisotopic (exact) mass is 496 g/mol. The molecule has 1 heterocycles. The van der Waals surface area contributed by atoms with Crippen LogP contribution in [0.1, 0.15) is 16.7 Å². The maximum atomic E-state index is 6.34. The smallest absolute Gasteiger partial charge is 0.128 e. The van der Waals surface area contributed by atoms with E-state index in [1.54, 1.807) is 0 Å². The second kappa shape index (κ2) is 11.1. The van der Waals surface area contributed by atoms with Gasteiger partial charge in [-0.1, -0.05) is 103 Å². The van der Waals surface area contributed by atoms with Crippen LogP contribution in [0.15, 0.2) is 127 Å². The number of benzene rings is 5. The van der Waals surface area contributed by atoms with Crippen molar-refractivity contribution in [3.05, 3.63) is 144 Å². The van der Waals surface area contributed by atoms with Crippen molar-refractivity contribution in [1.29, 1.82) is 0 Å². The van der Waals surface area contributed by atoms with Gasteiger partial charge >= 0.3 is 0 Å². The molecule has 0 bridgehead atoms. The molecular weight excluding hydrogens is 468 g/mol. The molecule has 186 valence electrons. The van der Waals surface area contributed by atoms with Crippen molar-refractivity contribution in [3.8, 4) is 39.5 Å². The Morgan fingerprint density at radius 3 is 1.76 bits per heavy atom. The van der Waals surface area contributed by atoms with Crippen LogP contribution in [0.5, 0.6) is 17.2 Å². The number of rotatable bonds is 8. The Hall–Kier alpha value is -4.76. The van der Waals surface area contributed by atoms with E-state index < -0.39 is 0 Å². The quantitative estimate of drug-likeness (QED) is 0.215. The van der Waals surface area contributed by atoms with Crippen molar-refractivity contribution in [2.75, 3.05) is 6.61 Å². The Kier molecular flexibility index (Phi) is 6.90. The molecule has 3 nitrogen and oxygen atoms in total. The van der Waals surface area contributed by atoms with E-state index in [0.29, 0.717) is 19.8 Å². The van der Waals surface area contributed by atoms with Gasteiger partial charge in [-0.3, -0.25) is 0 Å². The van der Waals surface area contributed by atoms with Crippen molar-refractivity contribution >= 4 is 6.08 Å². The van der Waals surface area contributed by atoms with Gasteiger partial charge in [0.1, 0.15) is 37.1 Å². The van der Waals surface area contributed by atoms with Crippen LogP contribution in [0.2, 0.25) is 0 Å². The first-order valence-electron chi connectivity index (χ1n) is 12.8. The highest BCUT2D eigenvalue weighted by molar-refractivity contribution is 5.88. The lowest BCUT2D eigenvalue weighted by Crippen LogP contribution is -2.04. The van der Waals surface area contributed by atoms with E-state index in [9.17, 15) is 0 Å². The third kappa shape index (κ3) is 5.18. The molecule has 0 spiro atoms.